The second-order valence-electron chi connectivity index (χ2n) is 6.84. The molecule has 6 nitrogen and oxygen atoms in total. The van der Waals surface area contributed by atoms with Gasteiger partial charge in [0.25, 0.3) is 0 Å². The highest BCUT2D eigenvalue weighted by atomic mass is 19.1. The molecule has 1 aliphatic rings. The van der Waals surface area contributed by atoms with Gasteiger partial charge in [0, 0.05) is 22.4 Å². The molecule has 134 valence electrons. The van der Waals surface area contributed by atoms with Gasteiger partial charge in [-0.15, -0.1) is 0 Å². The molecule has 0 amide bonds. The number of halogens is 1. The van der Waals surface area contributed by atoms with Crippen LogP contribution in [0.4, 0.5) is 10.1 Å². The minimum absolute atomic E-state index is 0.524. The Labute approximate surface area is 153 Å². The first-order chi connectivity index (χ1) is 13.1. The van der Waals surface area contributed by atoms with E-state index in [9.17, 15) is 14.5 Å². The molecule has 27 heavy (non-hydrogen) atoms. The van der Waals surface area contributed by atoms with Crippen molar-refractivity contribution in [3.63, 3.8) is 0 Å². The maximum absolute atomic E-state index is 13.8. The molecule has 2 heterocycles. The number of aromatic nitrogens is 3. The quantitative estimate of drug-likeness (QED) is 0.414. The first-order valence-corrected chi connectivity index (χ1v) is 8.85. The molecule has 0 fully saturated rings. The first-order valence-electron chi connectivity index (χ1n) is 8.85. The van der Waals surface area contributed by atoms with Crippen LogP contribution in [0.2, 0.25) is 0 Å². The Hall–Kier alpha value is -3.35. The number of aromatic amines is 1. The van der Waals surface area contributed by atoms with E-state index >= 15 is 0 Å². The Balaban J connectivity index is 1.85. The summed E-state index contributed by atoms with van der Waals surface area (Å²) < 4.78 is 13.8. The molecular weight excluding hydrogens is 347 g/mol. The largest absolute Gasteiger partial charge is 0.305 e. The molecule has 0 unspecified atom stereocenters. The maximum atomic E-state index is 13.8. The average Bonchev–Trinajstić information content (AvgIpc) is 3.16. The van der Waals surface area contributed by atoms with Crippen LogP contribution in [0, 0.1) is 15.9 Å². The predicted molar refractivity (Wildman–Crippen MR) is 100 cm³/mol. The Morgan fingerprint density at radius 1 is 1.11 bits per heavy atom. The smallest absolute Gasteiger partial charge is 0.278 e. The maximum Gasteiger partial charge on any atom is 0.305 e. The van der Waals surface area contributed by atoms with Gasteiger partial charge in [-0.3, -0.25) is 15.2 Å². The van der Waals surface area contributed by atoms with E-state index in [2.05, 4.69) is 10.2 Å². The second-order valence-corrected chi connectivity index (χ2v) is 6.84. The number of nitrogens with zero attached hydrogens (tertiary/aromatic N) is 3. The Kier molecular flexibility index (Phi) is 3.43. The minimum Gasteiger partial charge on any atom is -0.278 e. The molecule has 0 radical (unpaired) electrons. The lowest BCUT2D eigenvalue weighted by atomic mass is 9.85. The van der Waals surface area contributed by atoms with Crippen LogP contribution in [0.1, 0.15) is 24.0 Å². The minimum atomic E-state index is -0.835. The van der Waals surface area contributed by atoms with E-state index in [1.807, 2.05) is 18.3 Å². The third kappa shape index (κ3) is 2.38. The lowest BCUT2D eigenvalue weighted by Crippen LogP contribution is -2.08. The fraction of sp³-hybridized carbons (Fsp3) is 0.200. The molecule has 0 saturated carbocycles. The van der Waals surface area contributed by atoms with Crippen molar-refractivity contribution < 1.29 is 9.31 Å². The van der Waals surface area contributed by atoms with Crippen molar-refractivity contribution in [1.29, 1.82) is 0 Å². The number of fused-ring (bicyclic) bond motifs is 5. The zero-order valence-corrected chi connectivity index (χ0v) is 14.3. The van der Waals surface area contributed by atoms with Crippen LogP contribution in [-0.4, -0.2) is 20.1 Å². The van der Waals surface area contributed by atoms with Crippen molar-refractivity contribution in [3.05, 3.63) is 63.6 Å². The molecule has 5 rings (SSSR count). The van der Waals surface area contributed by atoms with E-state index < -0.39 is 16.4 Å². The normalized spacial score (nSPS) is 13.8. The van der Waals surface area contributed by atoms with Gasteiger partial charge >= 0.3 is 5.69 Å². The van der Waals surface area contributed by atoms with Crippen molar-refractivity contribution in [3.8, 4) is 11.3 Å². The van der Waals surface area contributed by atoms with Crippen LogP contribution in [0.15, 0.2) is 36.5 Å². The number of H-pyrrole nitrogens is 1. The second kappa shape index (κ2) is 5.84. The van der Waals surface area contributed by atoms with Crippen LogP contribution < -0.4 is 0 Å². The highest BCUT2D eigenvalue weighted by Gasteiger charge is 2.23. The average molecular weight is 362 g/mol. The zero-order valence-electron chi connectivity index (χ0n) is 14.3. The molecule has 0 saturated heterocycles. The van der Waals surface area contributed by atoms with Gasteiger partial charge in [0.2, 0.25) is 5.82 Å². The molecule has 2 aromatic heterocycles. The van der Waals surface area contributed by atoms with Gasteiger partial charge in [0.1, 0.15) is 0 Å². The molecule has 2 aromatic carbocycles. The molecule has 4 aromatic rings. The van der Waals surface area contributed by atoms with Crippen molar-refractivity contribution in [2.75, 3.05) is 0 Å². The monoisotopic (exact) mass is 362 g/mol. The lowest BCUT2D eigenvalue weighted by Gasteiger charge is -2.21. The van der Waals surface area contributed by atoms with Crippen molar-refractivity contribution in [2.45, 2.75) is 25.7 Å². The Morgan fingerprint density at radius 2 is 1.93 bits per heavy atom. The van der Waals surface area contributed by atoms with Crippen LogP contribution >= 0.6 is 0 Å². The van der Waals surface area contributed by atoms with Gasteiger partial charge in [0.05, 0.1) is 27.8 Å². The Bertz CT molecular complexity index is 1230. The number of nitro groups is 1. The van der Waals surface area contributed by atoms with Crippen LogP contribution in [-0.2, 0) is 12.8 Å². The van der Waals surface area contributed by atoms with Gasteiger partial charge in [0.15, 0.2) is 0 Å². The number of hydrogen-bond donors (Lipinski definition) is 1. The summed E-state index contributed by atoms with van der Waals surface area (Å²) in [5.41, 5.74) is 4.88. The van der Waals surface area contributed by atoms with Crippen molar-refractivity contribution >= 4 is 27.5 Å². The van der Waals surface area contributed by atoms with E-state index in [4.69, 9.17) is 4.98 Å². The summed E-state index contributed by atoms with van der Waals surface area (Å²) in [6, 6.07) is 7.88. The summed E-state index contributed by atoms with van der Waals surface area (Å²) in [5.74, 6) is -0.835. The van der Waals surface area contributed by atoms with Crippen molar-refractivity contribution in [1.82, 2.24) is 15.2 Å². The summed E-state index contributed by atoms with van der Waals surface area (Å²) in [4.78, 5) is 15.3. The number of rotatable bonds is 2. The van der Waals surface area contributed by atoms with E-state index in [-0.39, 0.29) is 0 Å². The number of pyridine rings is 1. The van der Waals surface area contributed by atoms with E-state index in [1.54, 1.807) is 6.07 Å². The SMILES string of the molecule is O=[N+]([O-])c1cc(-c2nc3ccc4[nH]ncc4c3c3c2CCCC3)ccc1F. The third-order valence-corrected chi connectivity index (χ3v) is 5.31. The van der Waals surface area contributed by atoms with Crippen LogP contribution in [0.5, 0.6) is 0 Å². The highest BCUT2D eigenvalue weighted by Crippen LogP contribution is 2.38. The molecule has 0 atom stereocenters. The summed E-state index contributed by atoms with van der Waals surface area (Å²) in [6.07, 6.45) is 5.72. The van der Waals surface area contributed by atoms with E-state index in [0.717, 1.165) is 59.1 Å². The molecule has 1 aliphatic carbocycles. The fourth-order valence-electron chi connectivity index (χ4n) is 4.09. The topological polar surface area (TPSA) is 84.7 Å². The molecule has 7 heteroatoms. The summed E-state index contributed by atoms with van der Waals surface area (Å²) in [7, 11) is 0. The van der Waals surface area contributed by atoms with Gasteiger partial charge in [-0.25, -0.2) is 4.98 Å². The summed E-state index contributed by atoms with van der Waals surface area (Å²) in [6.45, 7) is 0. The Morgan fingerprint density at radius 3 is 2.74 bits per heavy atom. The number of nitrogens with one attached hydrogen (secondary N) is 1. The molecule has 0 bridgehead atoms. The highest BCUT2D eigenvalue weighted by molar-refractivity contribution is 6.07. The summed E-state index contributed by atoms with van der Waals surface area (Å²) in [5, 5.41) is 20.4. The molecule has 0 aliphatic heterocycles. The lowest BCUT2D eigenvalue weighted by molar-refractivity contribution is -0.387. The van der Waals surface area contributed by atoms with E-state index in [1.165, 1.54) is 11.6 Å². The number of hydrogen-bond acceptors (Lipinski definition) is 4. The van der Waals surface area contributed by atoms with E-state index in [0.29, 0.717) is 11.3 Å². The first kappa shape index (κ1) is 15.9. The number of benzene rings is 2. The van der Waals surface area contributed by atoms with Gasteiger partial charge < -0.3 is 0 Å². The number of nitro benzene ring substituents is 1. The molecule has 1 N–H and O–H groups in total. The van der Waals surface area contributed by atoms with Gasteiger partial charge in [-0.1, -0.05) is 0 Å². The van der Waals surface area contributed by atoms with Crippen LogP contribution in [0.25, 0.3) is 33.1 Å². The standard InChI is InChI=1S/C20H15FN4O2/c21-15-6-5-11(9-18(15)25(26)27)20-13-4-2-1-3-12(13)19-14-10-22-24-16(14)7-8-17(19)23-20/h5-10H,1-4H2,(H,22,24). The summed E-state index contributed by atoms with van der Waals surface area (Å²) >= 11 is 0. The van der Waals surface area contributed by atoms with Gasteiger partial charge in [-0.2, -0.15) is 9.49 Å². The van der Waals surface area contributed by atoms with Crippen LogP contribution in [0.3, 0.4) is 0 Å². The molecule has 0 spiro atoms. The number of aryl methyl sites for hydroxylation is 1. The van der Waals surface area contributed by atoms with Crippen molar-refractivity contribution in [2.24, 2.45) is 0 Å². The third-order valence-electron chi connectivity index (χ3n) is 5.31. The molecular formula is C20H15FN4O2. The van der Waals surface area contributed by atoms with Gasteiger partial charge in [-0.05, 0) is 61.1 Å². The zero-order chi connectivity index (χ0) is 18.5. The fourth-order valence-corrected chi connectivity index (χ4v) is 4.09. The predicted octanol–water partition coefficient (Wildman–Crippen LogP) is 4.70.